The van der Waals surface area contributed by atoms with Crippen LogP contribution in [0.1, 0.15) is 42.6 Å². The number of aromatic nitrogens is 1. The van der Waals surface area contributed by atoms with Gasteiger partial charge in [0.25, 0.3) is 5.91 Å². The lowest BCUT2D eigenvalue weighted by Crippen LogP contribution is -2.15. The van der Waals surface area contributed by atoms with E-state index in [-0.39, 0.29) is 5.91 Å². The van der Waals surface area contributed by atoms with Crippen molar-refractivity contribution in [3.63, 3.8) is 0 Å². The summed E-state index contributed by atoms with van der Waals surface area (Å²) in [6.07, 6.45) is 1.67. The first-order valence-electron chi connectivity index (χ1n) is 7.22. The number of carbonyl (C=O) groups excluding carboxylic acids is 1. The third-order valence-corrected chi connectivity index (χ3v) is 3.23. The molecule has 0 unspecified atom stereocenters. The lowest BCUT2D eigenvalue weighted by molar-refractivity contribution is 0.102. The molecule has 0 radical (unpaired) electrons. The monoisotopic (exact) mass is 283 g/mol. The second-order valence-corrected chi connectivity index (χ2v) is 5.16. The Labute approximate surface area is 125 Å². The van der Waals surface area contributed by atoms with Gasteiger partial charge in [0, 0.05) is 18.4 Å². The van der Waals surface area contributed by atoms with Crippen LogP contribution in [0.15, 0.2) is 42.6 Å². The number of anilines is 2. The molecule has 110 valence electrons. The Morgan fingerprint density at radius 2 is 1.90 bits per heavy atom. The number of nitrogens with zero attached hydrogens (tertiary/aromatic N) is 1. The summed E-state index contributed by atoms with van der Waals surface area (Å²) < 4.78 is 0. The molecule has 0 fully saturated rings. The van der Waals surface area contributed by atoms with E-state index in [1.807, 2.05) is 31.2 Å². The number of rotatable bonds is 5. The van der Waals surface area contributed by atoms with Gasteiger partial charge in [0.15, 0.2) is 0 Å². The minimum absolute atomic E-state index is 0.156. The van der Waals surface area contributed by atoms with E-state index in [0.717, 1.165) is 12.2 Å². The second kappa shape index (κ2) is 6.88. The molecular weight excluding hydrogens is 262 g/mol. The van der Waals surface area contributed by atoms with Crippen molar-refractivity contribution in [1.29, 1.82) is 0 Å². The Morgan fingerprint density at radius 1 is 1.19 bits per heavy atom. The van der Waals surface area contributed by atoms with E-state index < -0.39 is 0 Å². The number of hydrogen-bond acceptors (Lipinski definition) is 3. The molecule has 0 aliphatic carbocycles. The second-order valence-electron chi connectivity index (χ2n) is 5.16. The Morgan fingerprint density at radius 3 is 2.52 bits per heavy atom. The van der Waals surface area contributed by atoms with Crippen LogP contribution in [0.2, 0.25) is 0 Å². The number of pyridine rings is 1. The van der Waals surface area contributed by atoms with Gasteiger partial charge in [-0.25, -0.2) is 4.98 Å². The van der Waals surface area contributed by atoms with E-state index in [0.29, 0.717) is 17.3 Å². The van der Waals surface area contributed by atoms with Gasteiger partial charge in [0.1, 0.15) is 5.82 Å². The zero-order valence-corrected chi connectivity index (χ0v) is 12.7. The van der Waals surface area contributed by atoms with Crippen molar-refractivity contribution in [3.8, 4) is 0 Å². The van der Waals surface area contributed by atoms with Crippen molar-refractivity contribution < 1.29 is 4.79 Å². The highest BCUT2D eigenvalue weighted by Crippen LogP contribution is 2.19. The predicted octanol–water partition coefficient (Wildman–Crippen LogP) is 3.89. The van der Waals surface area contributed by atoms with Crippen molar-refractivity contribution >= 4 is 17.4 Å². The Bertz CT molecular complexity index is 606. The molecule has 2 N–H and O–H groups in total. The first-order valence-corrected chi connectivity index (χ1v) is 7.22. The molecule has 0 atom stereocenters. The molecule has 4 nitrogen and oxygen atoms in total. The van der Waals surface area contributed by atoms with E-state index in [1.54, 1.807) is 18.3 Å². The van der Waals surface area contributed by atoms with E-state index in [4.69, 9.17) is 0 Å². The maximum atomic E-state index is 12.3. The van der Waals surface area contributed by atoms with E-state index in [1.165, 1.54) is 5.56 Å². The molecule has 2 aromatic rings. The fourth-order valence-electron chi connectivity index (χ4n) is 2.05. The number of benzene rings is 1. The molecule has 0 aliphatic heterocycles. The molecule has 0 spiro atoms. The van der Waals surface area contributed by atoms with Crippen molar-refractivity contribution in [1.82, 2.24) is 4.98 Å². The van der Waals surface area contributed by atoms with Gasteiger partial charge in [-0.05, 0) is 42.7 Å². The Hall–Kier alpha value is -2.36. The van der Waals surface area contributed by atoms with Gasteiger partial charge in [-0.15, -0.1) is 0 Å². The van der Waals surface area contributed by atoms with Crippen molar-refractivity contribution in [3.05, 3.63) is 53.7 Å². The highest BCUT2D eigenvalue weighted by atomic mass is 16.1. The van der Waals surface area contributed by atoms with Crippen LogP contribution in [0.4, 0.5) is 11.5 Å². The summed E-state index contributed by atoms with van der Waals surface area (Å²) in [5.74, 6) is 0.932. The number of amides is 1. The van der Waals surface area contributed by atoms with Crippen LogP contribution in [0, 0.1) is 0 Å². The quantitative estimate of drug-likeness (QED) is 0.875. The normalized spacial score (nSPS) is 10.5. The van der Waals surface area contributed by atoms with Crippen LogP contribution in [0.5, 0.6) is 0 Å². The molecule has 0 saturated heterocycles. The van der Waals surface area contributed by atoms with Crippen molar-refractivity contribution in [2.75, 3.05) is 17.2 Å². The number of hydrogen-bond donors (Lipinski definition) is 2. The molecule has 2 rings (SSSR count). The maximum Gasteiger partial charge on any atom is 0.259 e. The van der Waals surface area contributed by atoms with Crippen LogP contribution in [0.25, 0.3) is 0 Å². The van der Waals surface area contributed by atoms with E-state index in [9.17, 15) is 4.79 Å². The summed E-state index contributed by atoms with van der Waals surface area (Å²) in [7, 11) is 0. The average molecular weight is 283 g/mol. The third kappa shape index (κ3) is 3.81. The zero-order chi connectivity index (χ0) is 15.2. The summed E-state index contributed by atoms with van der Waals surface area (Å²) in [5.41, 5.74) is 2.59. The summed E-state index contributed by atoms with van der Waals surface area (Å²) in [5, 5.41) is 6.00. The number of nitrogens with one attached hydrogen (secondary N) is 2. The molecule has 1 aromatic carbocycles. The molecule has 21 heavy (non-hydrogen) atoms. The van der Waals surface area contributed by atoms with Gasteiger partial charge in [-0.2, -0.15) is 0 Å². The van der Waals surface area contributed by atoms with Crippen molar-refractivity contribution in [2.45, 2.75) is 26.7 Å². The Kier molecular flexibility index (Phi) is 4.93. The molecule has 0 aliphatic rings. The first-order chi connectivity index (χ1) is 10.1. The van der Waals surface area contributed by atoms with Gasteiger partial charge >= 0.3 is 0 Å². The van der Waals surface area contributed by atoms with Gasteiger partial charge < -0.3 is 10.6 Å². The molecule has 0 saturated carbocycles. The molecule has 1 heterocycles. The standard InChI is InChI=1S/C17H21N3O/c1-4-18-16-15(6-5-11-19-16)17(21)20-14-9-7-13(8-10-14)12(2)3/h5-12H,4H2,1-3H3,(H,18,19)(H,20,21). The minimum atomic E-state index is -0.156. The van der Waals surface area contributed by atoms with Crippen LogP contribution in [-0.2, 0) is 0 Å². The molecule has 0 bridgehead atoms. The first kappa shape index (κ1) is 15.0. The molecule has 4 heteroatoms. The van der Waals surface area contributed by atoms with E-state index in [2.05, 4.69) is 29.5 Å². The summed E-state index contributed by atoms with van der Waals surface area (Å²) in [4.78, 5) is 16.5. The zero-order valence-electron chi connectivity index (χ0n) is 12.7. The fourth-order valence-corrected chi connectivity index (χ4v) is 2.05. The maximum absolute atomic E-state index is 12.3. The van der Waals surface area contributed by atoms with Gasteiger partial charge in [-0.1, -0.05) is 26.0 Å². The van der Waals surface area contributed by atoms with Crippen LogP contribution in [-0.4, -0.2) is 17.4 Å². The van der Waals surface area contributed by atoms with Crippen LogP contribution < -0.4 is 10.6 Å². The average Bonchev–Trinajstić information content (AvgIpc) is 2.48. The summed E-state index contributed by atoms with van der Waals surface area (Å²) in [6, 6.07) is 11.5. The number of carbonyl (C=O) groups is 1. The predicted molar refractivity (Wildman–Crippen MR) is 86.9 cm³/mol. The van der Waals surface area contributed by atoms with E-state index >= 15 is 0 Å². The molecule has 1 aromatic heterocycles. The van der Waals surface area contributed by atoms with Gasteiger partial charge in [0.2, 0.25) is 0 Å². The van der Waals surface area contributed by atoms with Crippen LogP contribution in [0.3, 0.4) is 0 Å². The fraction of sp³-hybridized carbons (Fsp3) is 0.294. The lowest BCUT2D eigenvalue weighted by Gasteiger charge is -2.11. The molecule has 1 amide bonds. The smallest absolute Gasteiger partial charge is 0.259 e. The van der Waals surface area contributed by atoms with Crippen molar-refractivity contribution in [2.24, 2.45) is 0 Å². The summed E-state index contributed by atoms with van der Waals surface area (Å²) >= 11 is 0. The minimum Gasteiger partial charge on any atom is -0.370 e. The topological polar surface area (TPSA) is 54.0 Å². The molecular formula is C17H21N3O. The third-order valence-electron chi connectivity index (χ3n) is 3.23. The highest BCUT2D eigenvalue weighted by Gasteiger charge is 2.12. The Balaban J connectivity index is 2.14. The SMILES string of the molecule is CCNc1ncccc1C(=O)Nc1ccc(C(C)C)cc1. The highest BCUT2D eigenvalue weighted by molar-refractivity contribution is 6.07. The lowest BCUT2D eigenvalue weighted by atomic mass is 10.0. The summed E-state index contributed by atoms with van der Waals surface area (Å²) in [6.45, 7) is 6.99. The van der Waals surface area contributed by atoms with Gasteiger partial charge in [0.05, 0.1) is 5.56 Å². The van der Waals surface area contributed by atoms with Crippen LogP contribution >= 0.6 is 0 Å². The largest absolute Gasteiger partial charge is 0.370 e. The van der Waals surface area contributed by atoms with Gasteiger partial charge in [-0.3, -0.25) is 4.79 Å².